The molecule has 2 nitrogen and oxygen atoms in total. The number of hydrogen-bond acceptors (Lipinski definition) is 2. The Balaban J connectivity index is 1.57. The largest absolute Gasteiger partial charge is 0.426 e. The minimum absolute atomic E-state index is 0.0793. The van der Waals surface area contributed by atoms with Gasteiger partial charge in [-0.3, -0.25) is 4.79 Å². The smallest absolute Gasteiger partial charge is 0.317 e. The van der Waals surface area contributed by atoms with E-state index in [1.807, 2.05) is 30.3 Å². The van der Waals surface area contributed by atoms with Crippen molar-refractivity contribution in [2.45, 2.75) is 68.6 Å². The molecule has 4 aromatic carbocycles. The van der Waals surface area contributed by atoms with Crippen LogP contribution in [0.1, 0.15) is 69.1 Å². The zero-order valence-electron chi connectivity index (χ0n) is 23.1. The molecule has 0 heterocycles. The summed E-state index contributed by atoms with van der Waals surface area (Å²) in [6.07, 6.45) is 5.39. The minimum atomic E-state index is -0.626. The SMILES string of the molecule is CCC1(c2ccccc2)CC2(C(=O)Oc3ccccc3)CC(C)(c3ccccc3)CC(c3ccccc3)(C2)C1. The Hall–Kier alpha value is -3.65. The molecule has 2 bridgehead atoms. The van der Waals surface area contributed by atoms with Crippen LogP contribution in [0.5, 0.6) is 5.75 Å². The predicted octanol–water partition coefficient (Wildman–Crippen LogP) is 8.80. The summed E-state index contributed by atoms with van der Waals surface area (Å²) >= 11 is 0. The average Bonchev–Trinajstić information content (AvgIpc) is 2.98. The third kappa shape index (κ3) is 4.50. The number of benzene rings is 4. The lowest BCUT2D eigenvalue weighted by atomic mass is 9.40. The van der Waals surface area contributed by atoms with Crippen LogP contribution in [0.25, 0.3) is 0 Å². The maximum Gasteiger partial charge on any atom is 0.317 e. The number of hydrogen-bond donors (Lipinski definition) is 0. The molecule has 0 aromatic heterocycles. The maximum absolute atomic E-state index is 14.6. The van der Waals surface area contributed by atoms with Gasteiger partial charge in [0.05, 0.1) is 5.41 Å². The Bertz CT molecular complexity index is 1410. The monoisotopic (exact) mass is 514 g/mol. The first-order chi connectivity index (χ1) is 18.9. The van der Waals surface area contributed by atoms with E-state index in [0.717, 1.165) is 38.5 Å². The normalized spacial score (nSPS) is 29.9. The summed E-state index contributed by atoms with van der Waals surface area (Å²) in [7, 11) is 0. The molecule has 2 fully saturated rings. The lowest BCUT2D eigenvalue weighted by Gasteiger charge is -2.63. The summed E-state index contributed by atoms with van der Waals surface area (Å²) < 4.78 is 6.28. The molecule has 0 saturated heterocycles. The van der Waals surface area contributed by atoms with Gasteiger partial charge in [-0.05, 0) is 83.6 Å². The Kier molecular flexibility index (Phi) is 6.46. The number of carbonyl (C=O) groups is 1. The number of rotatable bonds is 6. The van der Waals surface area contributed by atoms with Crippen molar-refractivity contribution in [1.82, 2.24) is 0 Å². The summed E-state index contributed by atoms with van der Waals surface area (Å²) in [5, 5.41) is 0. The molecule has 4 atom stereocenters. The molecule has 4 aromatic rings. The molecule has 2 aliphatic carbocycles. The van der Waals surface area contributed by atoms with Gasteiger partial charge in [0.1, 0.15) is 5.75 Å². The van der Waals surface area contributed by atoms with Crippen LogP contribution in [0.2, 0.25) is 0 Å². The highest BCUT2D eigenvalue weighted by Crippen LogP contribution is 2.67. The summed E-state index contributed by atoms with van der Waals surface area (Å²) in [6.45, 7) is 4.69. The number of ether oxygens (including phenoxy) is 1. The van der Waals surface area contributed by atoms with Crippen LogP contribution in [-0.2, 0) is 21.0 Å². The van der Waals surface area contributed by atoms with Gasteiger partial charge in [-0.15, -0.1) is 0 Å². The molecule has 0 N–H and O–H groups in total. The molecule has 6 rings (SSSR count). The van der Waals surface area contributed by atoms with E-state index in [1.165, 1.54) is 16.7 Å². The second-order valence-electron chi connectivity index (χ2n) is 12.4. The third-order valence-electron chi connectivity index (χ3n) is 9.79. The van der Waals surface area contributed by atoms with Crippen molar-refractivity contribution < 1.29 is 9.53 Å². The van der Waals surface area contributed by atoms with E-state index in [-0.39, 0.29) is 22.2 Å². The highest BCUT2D eigenvalue weighted by molar-refractivity contribution is 5.81. The first-order valence-corrected chi connectivity index (χ1v) is 14.4. The molecule has 0 aliphatic heterocycles. The van der Waals surface area contributed by atoms with Crippen molar-refractivity contribution in [2.24, 2.45) is 5.41 Å². The van der Waals surface area contributed by atoms with E-state index in [1.54, 1.807) is 0 Å². The molecule has 0 spiro atoms. The summed E-state index contributed by atoms with van der Waals surface area (Å²) in [5.41, 5.74) is 2.92. The van der Waals surface area contributed by atoms with Crippen LogP contribution in [0.3, 0.4) is 0 Å². The molecular formula is C37H38O2. The van der Waals surface area contributed by atoms with Crippen molar-refractivity contribution in [2.75, 3.05) is 0 Å². The van der Waals surface area contributed by atoms with Crippen LogP contribution in [-0.4, -0.2) is 5.97 Å². The van der Waals surface area contributed by atoms with E-state index in [0.29, 0.717) is 5.75 Å². The lowest BCUT2D eigenvalue weighted by molar-refractivity contribution is -0.159. The quantitative estimate of drug-likeness (QED) is 0.190. The number of para-hydroxylation sites is 1. The van der Waals surface area contributed by atoms with E-state index < -0.39 is 5.41 Å². The summed E-state index contributed by atoms with van der Waals surface area (Å²) in [6, 6.07) is 42.4. The van der Waals surface area contributed by atoms with Gasteiger partial charge < -0.3 is 4.74 Å². The molecule has 2 saturated carbocycles. The van der Waals surface area contributed by atoms with Crippen LogP contribution in [0.15, 0.2) is 121 Å². The zero-order valence-corrected chi connectivity index (χ0v) is 23.1. The minimum Gasteiger partial charge on any atom is -0.426 e. The molecule has 0 radical (unpaired) electrons. The van der Waals surface area contributed by atoms with Gasteiger partial charge in [0, 0.05) is 0 Å². The van der Waals surface area contributed by atoms with Crippen LogP contribution < -0.4 is 4.74 Å². The average molecular weight is 515 g/mol. The standard InChI is InChI=1S/C37H38O2/c1-3-35(30-18-10-5-11-19-30)26-36(31-20-12-6-13-21-31)24-34(2,29-16-8-4-9-17-29)25-37(27-35,28-36)33(38)39-32-22-14-7-15-23-32/h4-23H,3,24-28H2,1-2H3. The summed E-state index contributed by atoms with van der Waals surface area (Å²) in [5.74, 6) is 0.547. The van der Waals surface area contributed by atoms with Crippen molar-refractivity contribution in [3.8, 4) is 5.75 Å². The van der Waals surface area contributed by atoms with Gasteiger partial charge in [0.2, 0.25) is 0 Å². The fourth-order valence-corrected chi connectivity index (χ4v) is 8.45. The fourth-order valence-electron chi connectivity index (χ4n) is 8.45. The van der Waals surface area contributed by atoms with Crippen molar-refractivity contribution in [3.05, 3.63) is 138 Å². The second-order valence-corrected chi connectivity index (χ2v) is 12.4. The maximum atomic E-state index is 14.6. The van der Waals surface area contributed by atoms with Crippen LogP contribution in [0, 0.1) is 5.41 Å². The second kappa shape index (κ2) is 9.83. The van der Waals surface area contributed by atoms with Crippen molar-refractivity contribution >= 4 is 5.97 Å². The number of carbonyl (C=O) groups excluding carboxylic acids is 1. The summed E-state index contributed by atoms with van der Waals surface area (Å²) in [4.78, 5) is 14.6. The van der Waals surface area contributed by atoms with Crippen LogP contribution >= 0.6 is 0 Å². The highest BCUT2D eigenvalue weighted by atomic mass is 16.5. The molecule has 2 aliphatic rings. The van der Waals surface area contributed by atoms with Gasteiger partial charge in [0.15, 0.2) is 0 Å². The Morgan fingerprint density at radius 3 is 1.69 bits per heavy atom. The van der Waals surface area contributed by atoms with E-state index in [2.05, 4.69) is 105 Å². The molecule has 0 amide bonds. The molecule has 198 valence electrons. The molecule has 39 heavy (non-hydrogen) atoms. The topological polar surface area (TPSA) is 26.3 Å². The molecule has 2 heteroatoms. The Morgan fingerprint density at radius 2 is 1.13 bits per heavy atom. The van der Waals surface area contributed by atoms with E-state index in [9.17, 15) is 4.79 Å². The number of esters is 1. The van der Waals surface area contributed by atoms with Gasteiger partial charge >= 0.3 is 5.97 Å². The fraction of sp³-hybridized carbons (Fsp3) is 0.324. The molecule has 4 unspecified atom stereocenters. The predicted molar refractivity (Wildman–Crippen MR) is 158 cm³/mol. The van der Waals surface area contributed by atoms with Crippen LogP contribution in [0.4, 0.5) is 0 Å². The van der Waals surface area contributed by atoms with Crippen molar-refractivity contribution in [1.29, 1.82) is 0 Å². The zero-order chi connectivity index (χ0) is 27.0. The van der Waals surface area contributed by atoms with Gasteiger partial charge in [0.25, 0.3) is 0 Å². The number of fused-ring (bicyclic) bond motifs is 2. The lowest BCUT2D eigenvalue weighted by Crippen LogP contribution is -2.61. The van der Waals surface area contributed by atoms with E-state index in [4.69, 9.17) is 4.74 Å². The first-order valence-electron chi connectivity index (χ1n) is 14.4. The van der Waals surface area contributed by atoms with Crippen molar-refractivity contribution in [3.63, 3.8) is 0 Å². The van der Waals surface area contributed by atoms with Gasteiger partial charge in [-0.1, -0.05) is 123 Å². The van der Waals surface area contributed by atoms with Gasteiger partial charge in [-0.25, -0.2) is 0 Å². The van der Waals surface area contributed by atoms with E-state index >= 15 is 0 Å². The highest BCUT2D eigenvalue weighted by Gasteiger charge is 2.65. The van der Waals surface area contributed by atoms with Gasteiger partial charge in [-0.2, -0.15) is 0 Å². The first kappa shape index (κ1) is 25.6. The Labute approximate surface area is 233 Å². The molecular weight excluding hydrogens is 476 g/mol. The Morgan fingerprint density at radius 1 is 0.615 bits per heavy atom. The third-order valence-corrected chi connectivity index (χ3v) is 9.79.